The molecule has 1 aromatic heterocycles. The van der Waals surface area contributed by atoms with Gasteiger partial charge in [-0.05, 0) is 41.8 Å². The van der Waals surface area contributed by atoms with Crippen LogP contribution >= 0.6 is 0 Å². The Balaban J connectivity index is 2.02. The van der Waals surface area contributed by atoms with E-state index in [1.165, 1.54) is 6.07 Å². The van der Waals surface area contributed by atoms with Crippen LogP contribution in [0.2, 0.25) is 0 Å². The second-order valence-electron chi connectivity index (χ2n) is 4.94. The largest absolute Gasteiger partial charge is 0.320 e. The number of hydrogen-bond donors (Lipinski definition) is 1. The van der Waals surface area contributed by atoms with Gasteiger partial charge in [-0.3, -0.25) is 4.98 Å². The molecule has 3 heteroatoms. The van der Waals surface area contributed by atoms with Gasteiger partial charge in [0.05, 0.1) is 11.6 Å². The Bertz CT molecular complexity index is 768. The average molecular weight is 266 g/mol. The minimum absolute atomic E-state index is 0.225. The molecule has 20 heavy (non-hydrogen) atoms. The zero-order valence-corrected chi connectivity index (χ0v) is 11.2. The first-order valence-electron chi connectivity index (χ1n) is 6.51. The van der Waals surface area contributed by atoms with Crippen molar-refractivity contribution in [3.63, 3.8) is 0 Å². The monoisotopic (exact) mass is 266 g/mol. The molecule has 2 N–H and O–H groups in total. The summed E-state index contributed by atoms with van der Waals surface area (Å²) in [5.74, 6) is -0.225. The lowest BCUT2D eigenvalue weighted by Crippen LogP contribution is -2.12. The van der Waals surface area contributed by atoms with E-state index in [0.29, 0.717) is 5.56 Å². The number of aryl methyl sites for hydroxylation is 1. The number of rotatable bonds is 2. The number of halogens is 1. The fourth-order valence-electron chi connectivity index (χ4n) is 2.27. The highest BCUT2D eigenvalue weighted by molar-refractivity contribution is 5.79. The molecule has 0 spiro atoms. The highest BCUT2D eigenvalue weighted by Crippen LogP contribution is 2.24. The molecule has 0 aliphatic carbocycles. The number of aromatic nitrogens is 1. The molecule has 3 aromatic rings. The molecule has 0 aliphatic rings. The van der Waals surface area contributed by atoms with E-state index < -0.39 is 0 Å². The molecule has 0 radical (unpaired) electrons. The molecule has 1 unspecified atom stereocenters. The van der Waals surface area contributed by atoms with E-state index in [9.17, 15) is 4.39 Å². The number of fused-ring (bicyclic) bond motifs is 1. The summed E-state index contributed by atoms with van der Waals surface area (Å²) in [5, 5.41) is 1.07. The molecule has 2 nitrogen and oxygen atoms in total. The Hall–Kier alpha value is -2.26. The first-order valence-corrected chi connectivity index (χ1v) is 6.51. The first kappa shape index (κ1) is 12.8. The summed E-state index contributed by atoms with van der Waals surface area (Å²) in [7, 11) is 0. The highest BCUT2D eigenvalue weighted by atomic mass is 19.1. The molecule has 3 rings (SSSR count). The lowest BCUT2D eigenvalue weighted by molar-refractivity contribution is 0.614. The van der Waals surface area contributed by atoms with Crippen molar-refractivity contribution in [2.24, 2.45) is 5.73 Å². The van der Waals surface area contributed by atoms with Crippen molar-refractivity contribution >= 4 is 10.9 Å². The van der Waals surface area contributed by atoms with Crippen LogP contribution in [0.15, 0.2) is 54.7 Å². The maximum absolute atomic E-state index is 13.6. The third-order valence-electron chi connectivity index (χ3n) is 3.54. The molecule has 0 aliphatic heterocycles. The average Bonchev–Trinajstić information content (AvgIpc) is 2.49. The van der Waals surface area contributed by atoms with E-state index in [1.807, 2.05) is 36.4 Å². The highest BCUT2D eigenvalue weighted by Gasteiger charge is 2.11. The van der Waals surface area contributed by atoms with Gasteiger partial charge >= 0.3 is 0 Å². The Kier molecular flexibility index (Phi) is 3.20. The van der Waals surface area contributed by atoms with E-state index in [0.717, 1.165) is 22.0 Å². The molecule has 0 bridgehead atoms. The minimum atomic E-state index is -0.350. The summed E-state index contributed by atoms with van der Waals surface area (Å²) >= 11 is 0. The van der Waals surface area contributed by atoms with Gasteiger partial charge in [0.1, 0.15) is 5.82 Å². The zero-order valence-electron chi connectivity index (χ0n) is 11.2. The van der Waals surface area contributed by atoms with Crippen molar-refractivity contribution in [3.8, 4) is 0 Å². The van der Waals surface area contributed by atoms with E-state index in [1.54, 1.807) is 19.2 Å². The van der Waals surface area contributed by atoms with E-state index in [4.69, 9.17) is 5.73 Å². The van der Waals surface area contributed by atoms with Crippen LogP contribution in [-0.4, -0.2) is 4.98 Å². The maximum Gasteiger partial charge on any atom is 0.126 e. The van der Waals surface area contributed by atoms with Crippen LogP contribution in [0.5, 0.6) is 0 Å². The summed E-state index contributed by atoms with van der Waals surface area (Å²) in [6.07, 6.45) is 1.75. The van der Waals surface area contributed by atoms with E-state index >= 15 is 0 Å². The van der Waals surface area contributed by atoms with Gasteiger partial charge in [0.15, 0.2) is 0 Å². The molecular formula is C17H15FN2. The normalized spacial score (nSPS) is 12.6. The van der Waals surface area contributed by atoms with Gasteiger partial charge in [0.25, 0.3) is 0 Å². The quantitative estimate of drug-likeness (QED) is 0.767. The smallest absolute Gasteiger partial charge is 0.126 e. The van der Waals surface area contributed by atoms with Gasteiger partial charge in [-0.25, -0.2) is 4.39 Å². The Morgan fingerprint density at radius 2 is 1.80 bits per heavy atom. The van der Waals surface area contributed by atoms with Crippen LogP contribution in [0, 0.1) is 12.7 Å². The standard InChI is InChI=1S/C17H15FN2/c1-11-4-5-13(9-15(11)18)17(19)14-7-6-12-3-2-8-20-16(12)10-14/h2-10,17H,19H2,1H3. The SMILES string of the molecule is Cc1ccc(C(N)c2ccc3cccnc3c2)cc1F. The van der Waals surface area contributed by atoms with Gasteiger partial charge in [0.2, 0.25) is 0 Å². The number of hydrogen-bond acceptors (Lipinski definition) is 2. The van der Waals surface area contributed by atoms with Crippen molar-refractivity contribution in [2.75, 3.05) is 0 Å². The summed E-state index contributed by atoms with van der Waals surface area (Å²) in [4.78, 5) is 4.32. The lowest BCUT2D eigenvalue weighted by Gasteiger charge is -2.14. The van der Waals surface area contributed by atoms with Crippen molar-refractivity contribution in [2.45, 2.75) is 13.0 Å². The van der Waals surface area contributed by atoms with Crippen LogP contribution < -0.4 is 5.73 Å². The molecule has 1 heterocycles. The first-order chi connectivity index (χ1) is 9.65. The molecule has 0 saturated heterocycles. The predicted molar refractivity (Wildman–Crippen MR) is 78.9 cm³/mol. The number of benzene rings is 2. The van der Waals surface area contributed by atoms with Crippen LogP contribution in [-0.2, 0) is 0 Å². The Labute approximate surface area is 117 Å². The van der Waals surface area contributed by atoms with E-state index in [2.05, 4.69) is 4.98 Å². The molecular weight excluding hydrogens is 251 g/mol. The van der Waals surface area contributed by atoms with Crippen molar-refractivity contribution in [1.82, 2.24) is 4.98 Å². The zero-order chi connectivity index (χ0) is 14.1. The second kappa shape index (κ2) is 5.02. The molecule has 0 saturated carbocycles. The molecule has 2 aromatic carbocycles. The van der Waals surface area contributed by atoms with Crippen molar-refractivity contribution < 1.29 is 4.39 Å². The van der Waals surface area contributed by atoms with Crippen LogP contribution in [0.4, 0.5) is 4.39 Å². The Morgan fingerprint density at radius 3 is 2.60 bits per heavy atom. The summed E-state index contributed by atoms with van der Waals surface area (Å²) in [5.41, 5.74) is 9.45. The minimum Gasteiger partial charge on any atom is -0.320 e. The molecule has 0 fully saturated rings. The molecule has 1 atom stereocenters. The summed E-state index contributed by atoms with van der Waals surface area (Å²) in [6.45, 7) is 1.74. The van der Waals surface area contributed by atoms with Crippen molar-refractivity contribution in [1.29, 1.82) is 0 Å². The topological polar surface area (TPSA) is 38.9 Å². The lowest BCUT2D eigenvalue weighted by atomic mass is 9.97. The maximum atomic E-state index is 13.6. The third kappa shape index (κ3) is 2.28. The number of nitrogens with zero attached hydrogens (tertiary/aromatic N) is 1. The van der Waals surface area contributed by atoms with Crippen LogP contribution in [0.1, 0.15) is 22.7 Å². The predicted octanol–water partition coefficient (Wildman–Crippen LogP) is 3.73. The van der Waals surface area contributed by atoms with Gasteiger partial charge in [0, 0.05) is 11.6 Å². The van der Waals surface area contributed by atoms with Crippen molar-refractivity contribution in [3.05, 3.63) is 77.2 Å². The molecule has 0 amide bonds. The molecule has 100 valence electrons. The third-order valence-corrected chi connectivity index (χ3v) is 3.54. The summed E-state index contributed by atoms with van der Waals surface area (Å²) in [6, 6.07) is 14.6. The number of nitrogens with two attached hydrogens (primary N) is 1. The van der Waals surface area contributed by atoms with Gasteiger partial charge < -0.3 is 5.73 Å². The Morgan fingerprint density at radius 1 is 1.05 bits per heavy atom. The van der Waals surface area contributed by atoms with Crippen LogP contribution in [0.3, 0.4) is 0 Å². The number of pyridine rings is 1. The van der Waals surface area contributed by atoms with Gasteiger partial charge in [-0.1, -0.05) is 30.3 Å². The second-order valence-corrected chi connectivity index (χ2v) is 4.94. The fraction of sp³-hybridized carbons (Fsp3) is 0.118. The van der Waals surface area contributed by atoms with Gasteiger partial charge in [-0.2, -0.15) is 0 Å². The summed E-state index contributed by atoms with van der Waals surface area (Å²) < 4.78 is 13.6. The van der Waals surface area contributed by atoms with Gasteiger partial charge in [-0.15, -0.1) is 0 Å². The van der Waals surface area contributed by atoms with E-state index in [-0.39, 0.29) is 11.9 Å². The van der Waals surface area contributed by atoms with Crippen LogP contribution in [0.25, 0.3) is 10.9 Å². The fourth-order valence-corrected chi connectivity index (χ4v) is 2.27.